The lowest BCUT2D eigenvalue weighted by Crippen LogP contribution is -2.56. The maximum absolute atomic E-state index is 13.3. The largest absolute Gasteiger partial charge is 0.484 e. The lowest BCUT2D eigenvalue weighted by Gasteiger charge is -2.50. The van der Waals surface area contributed by atoms with Crippen LogP contribution in [0.2, 0.25) is 0 Å². The molecule has 0 aliphatic carbocycles. The highest BCUT2D eigenvalue weighted by Crippen LogP contribution is 2.40. The zero-order chi connectivity index (χ0) is 19.0. The van der Waals surface area contributed by atoms with Crippen molar-refractivity contribution in [3.8, 4) is 5.75 Å². The molecule has 1 unspecified atom stereocenters. The van der Waals surface area contributed by atoms with Crippen LogP contribution in [0.15, 0.2) is 48.5 Å². The van der Waals surface area contributed by atoms with Gasteiger partial charge in [-0.05, 0) is 23.3 Å². The van der Waals surface area contributed by atoms with Gasteiger partial charge in [-0.1, -0.05) is 44.2 Å². The Morgan fingerprint density at radius 3 is 2.81 bits per heavy atom. The van der Waals surface area contributed by atoms with Gasteiger partial charge in [0.25, 0.3) is 5.91 Å². The van der Waals surface area contributed by atoms with E-state index in [0.29, 0.717) is 18.8 Å². The molecule has 2 aliphatic heterocycles. The van der Waals surface area contributed by atoms with Crippen molar-refractivity contribution in [3.05, 3.63) is 65.5 Å². The van der Waals surface area contributed by atoms with Crippen LogP contribution in [0, 0.1) is 5.82 Å². The molecule has 0 spiro atoms. The second-order valence-corrected chi connectivity index (χ2v) is 8.04. The number of carbonyl (C=O) groups excluding carboxylic acids is 1. The average molecular weight is 368 g/mol. The minimum absolute atomic E-state index is 0.0544. The summed E-state index contributed by atoms with van der Waals surface area (Å²) in [4.78, 5) is 17.0. The van der Waals surface area contributed by atoms with Crippen molar-refractivity contribution in [2.45, 2.75) is 25.3 Å². The molecule has 1 atom stereocenters. The summed E-state index contributed by atoms with van der Waals surface area (Å²) in [6.07, 6.45) is 0. The highest BCUT2D eigenvalue weighted by molar-refractivity contribution is 5.78. The molecule has 1 fully saturated rings. The van der Waals surface area contributed by atoms with E-state index in [-0.39, 0.29) is 29.8 Å². The second-order valence-electron chi connectivity index (χ2n) is 8.04. The molecular weight excluding hydrogens is 343 g/mol. The fourth-order valence-electron chi connectivity index (χ4n) is 4.32. The molecule has 5 heteroatoms. The van der Waals surface area contributed by atoms with Gasteiger partial charge >= 0.3 is 0 Å². The number of hydrogen-bond donors (Lipinski definition) is 0. The third-order valence-electron chi connectivity index (χ3n) is 5.65. The first kappa shape index (κ1) is 18.0. The number of carbonyl (C=O) groups is 1. The molecule has 0 N–H and O–H groups in total. The van der Waals surface area contributed by atoms with Crippen LogP contribution in [-0.2, 0) is 10.2 Å². The van der Waals surface area contributed by atoms with Gasteiger partial charge in [0.1, 0.15) is 11.6 Å². The fourth-order valence-corrected chi connectivity index (χ4v) is 4.32. The smallest absolute Gasteiger partial charge is 0.260 e. The maximum Gasteiger partial charge on any atom is 0.260 e. The number of ether oxygens (including phenoxy) is 1. The highest BCUT2D eigenvalue weighted by atomic mass is 19.1. The van der Waals surface area contributed by atoms with Crippen molar-refractivity contribution in [1.82, 2.24) is 9.80 Å². The Bertz CT molecular complexity index is 852. The third-order valence-corrected chi connectivity index (χ3v) is 5.65. The molecule has 4 nitrogen and oxygen atoms in total. The van der Waals surface area contributed by atoms with Crippen LogP contribution in [0.5, 0.6) is 5.75 Å². The number of piperazine rings is 1. The van der Waals surface area contributed by atoms with Crippen molar-refractivity contribution in [1.29, 1.82) is 0 Å². The monoisotopic (exact) mass is 368 g/mol. The molecule has 142 valence electrons. The fraction of sp³-hybridized carbons (Fsp3) is 0.409. The first-order valence-electron chi connectivity index (χ1n) is 9.44. The van der Waals surface area contributed by atoms with E-state index in [1.807, 2.05) is 4.90 Å². The normalized spacial score (nSPS) is 21.3. The van der Waals surface area contributed by atoms with E-state index in [0.717, 1.165) is 13.1 Å². The van der Waals surface area contributed by atoms with Gasteiger partial charge in [0, 0.05) is 37.7 Å². The summed E-state index contributed by atoms with van der Waals surface area (Å²) in [5.74, 6) is -0.0389. The summed E-state index contributed by atoms with van der Waals surface area (Å²) in [7, 11) is 0. The van der Waals surface area contributed by atoms with Crippen molar-refractivity contribution < 1.29 is 13.9 Å². The van der Waals surface area contributed by atoms with Crippen molar-refractivity contribution in [3.63, 3.8) is 0 Å². The summed E-state index contributed by atoms with van der Waals surface area (Å²) in [6.45, 7) is 7.71. The van der Waals surface area contributed by atoms with E-state index in [1.165, 1.54) is 23.3 Å². The lowest BCUT2D eigenvalue weighted by atomic mass is 9.75. The van der Waals surface area contributed by atoms with Crippen LogP contribution in [-0.4, -0.2) is 48.5 Å². The molecular formula is C22H25FN2O2. The van der Waals surface area contributed by atoms with Gasteiger partial charge in [-0.3, -0.25) is 9.69 Å². The molecule has 4 rings (SSSR count). The minimum atomic E-state index is -0.366. The van der Waals surface area contributed by atoms with E-state index in [4.69, 9.17) is 4.74 Å². The lowest BCUT2D eigenvalue weighted by molar-refractivity contribution is -0.136. The number of fused-ring (bicyclic) bond motifs is 3. The molecule has 2 aromatic rings. The maximum atomic E-state index is 13.3. The van der Waals surface area contributed by atoms with Crippen LogP contribution in [0.4, 0.5) is 4.39 Å². The van der Waals surface area contributed by atoms with Gasteiger partial charge in [0.15, 0.2) is 6.61 Å². The van der Waals surface area contributed by atoms with Gasteiger partial charge in [0.05, 0.1) is 6.04 Å². The van der Waals surface area contributed by atoms with Crippen LogP contribution in [0.1, 0.15) is 31.0 Å². The number of benzene rings is 2. The second kappa shape index (κ2) is 6.97. The summed E-state index contributed by atoms with van der Waals surface area (Å²) in [5, 5.41) is 0. The van der Waals surface area contributed by atoms with E-state index in [2.05, 4.69) is 43.0 Å². The van der Waals surface area contributed by atoms with Crippen molar-refractivity contribution in [2.24, 2.45) is 0 Å². The Morgan fingerprint density at radius 2 is 2.00 bits per heavy atom. The number of hydrogen-bond acceptors (Lipinski definition) is 3. The molecule has 0 saturated carbocycles. The molecule has 27 heavy (non-hydrogen) atoms. The zero-order valence-electron chi connectivity index (χ0n) is 15.8. The Labute approximate surface area is 159 Å². The van der Waals surface area contributed by atoms with Crippen LogP contribution < -0.4 is 4.74 Å². The van der Waals surface area contributed by atoms with Gasteiger partial charge in [-0.2, -0.15) is 0 Å². The van der Waals surface area contributed by atoms with E-state index < -0.39 is 0 Å². The zero-order valence-corrected chi connectivity index (χ0v) is 15.8. The number of amides is 1. The molecule has 2 aliphatic rings. The molecule has 0 bridgehead atoms. The van der Waals surface area contributed by atoms with Crippen molar-refractivity contribution in [2.75, 3.05) is 32.8 Å². The Kier molecular flexibility index (Phi) is 4.64. The number of nitrogens with zero attached hydrogens (tertiary/aromatic N) is 2. The topological polar surface area (TPSA) is 32.8 Å². The molecule has 2 heterocycles. The Hall–Kier alpha value is -2.40. The summed E-state index contributed by atoms with van der Waals surface area (Å²) < 4.78 is 18.7. The standard InChI is InChI=1S/C22H25FN2O2/c1-22(2)15-25-11-10-24(13-20(25)18-8-3-4-9-19(18)22)21(26)14-27-17-7-5-6-16(23)12-17/h3-9,12,20H,10-11,13-15H2,1-2H3. The van der Waals surface area contributed by atoms with E-state index >= 15 is 0 Å². The molecule has 1 saturated heterocycles. The predicted octanol–water partition coefficient (Wildman–Crippen LogP) is 3.38. The quantitative estimate of drug-likeness (QED) is 0.833. The van der Waals surface area contributed by atoms with Gasteiger partial charge in [0.2, 0.25) is 0 Å². The van der Waals surface area contributed by atoms with E-state index in [1.54, 1.807) is 12.1 Å². The van der Waals surface area contributed by atoms with Crippen LogP contribution in [0.25, 0.3) is 0 Å². The van der Waals surface area contributed by atoms with Gasteiger partial charge in [-0.25, -0.2) is 4.39 Å². The minimum Gasteiger partial charge on any atom is -0.484 e. The van der Waals surface area contributed by atoms with Crippen molar-refractivity contribution >= 4 is 5.91 Å². The highest BCUT2D eigenvalue weighted by Gasteiger charge is 2.40. The summed E-state index contributed by atoms with van der Waals surface area (Å²) in [6, 6.07) is 14.7. The summed E-state index contributed by atoms with van der Waals surface area (Å²) in [5.41, 5.74) is 2.80. The van der Waals surface area contributed by atoms with E-state index in [9.17, 15) is 9.18 Å². The Morgan fingerprint density at radius 1 is 1.19 bits per heavy atom. The SMILES string of the molecule is CC1(C)CN2CCN(C(=O)COc3cccc(F)c3)CC2c2ccccc21. The molecule has 0 aromatic heterocycles. The van der Waals surface area contributed by atoms with Crippen LogP contribution in [0.3, 0.4) is 0 Å². The molecule has 1 amide bonds. The summed E-state index contributed by atoms with van der Waals surface area (Å²) >= 11 is 0. The number of rotatable bonds is 3. The molecule has 2 aromatic carbocycles. The van der Waals surface area contributed by atoms with Gasteiger partial charge in [-0.15, -0.1) is 0 Å². The molecule has 0 radical (unpaired) electrons. The first-order chi connectivity index (χ1) is 12.9. The predicted molar refractivity (Wildman–Crippen MR) is 102 cm³/mol. The Balaban J connectivity index is 1.46. The average Bonchev–Trinajstić information content (AvgIpc) is 2.66. The van der Waals surface area contributed by atoms with Crippen LogP contribution >= 0.6 is 0 Å². The number of halogens is 1. The van der Waals surface area contributed by atoms with Gasteiger partial charge < -0.3 is 9.64 Å². The first-order valence-corrected chi connectivity index (χ1v) is 9.44. The third kappa shape index (κ3) is 3.56.